The van der Waals surface area contributed by atoms with Gasteiger partial charge in [-0.25, -0.2) is 9.07 Å². The van der Waals surface area contributed by atoms with Crippen molar-refractivity contribution in [1.82, 2.24) is 14.7 Å². The van der Waals surface area contributed by atoms with Crippen molar-refractivity contribution in [3.63, 3.8) is 0 Å². The summed E-state index contributed by atoms with van der Waals surface area (Å²) in [6.07, 6.45) is 1.91. The molecule has 1 aromatic heterocycles. The number of rotatable bonds is 3. The number of para-hydroxylation sites is 2. The van der Waals surface area contributed by atoms with Gasteiger partial charge in [-0.2, -0.15) is 5.10 Å². The van der Waals surface area contributed by atoms with E-state index in [0.717, 1.165) is 59.0 Å². The van der Waals surface area contributed by atoms with E-state index in [1.165, 1.54) is 6.07 Å². The SMILES string of the molecule is Fc1ccc2c(C3CCN(C(=S)Nc4ccccc4)CC3)nn(-c3ccccc3)c2c1. The Morgan fingerprint density at radius 1 is 0.935 bits per heavy atom. The van der Waals surface area contributed by atoms with Crippen LogP contribution in [-0.2, 0) is 0 Å². The molecule has 0 amide bonds. The molecular formula is C25H23FN4S. The summed E-state index contributed by atoms with van der Waals surface area (Å²) in [5.41, 5.74) is 3.80. The largest absolute Gasteiger partial charge is 0.349 e. The van der Waals surface area contributed by atoms with Crippen LogP contribution in [0, 0.1) is 5.82 Å². The highest BCUT2D eigenvalue weighted by atomic mass is 32.1. The molecule has 5 rings (SSSR count). The number of fused-ring (bicyclic) bond motifs is 1. The summed E-state index contributed by atoms with van der Waals surface area (Å²) in [7, 11) is 0. The van der Waals surface area contributed by atoms with Crippen molar-refractivity contribution in [2.75, 3.05) is 18.4 Å². The zero-order valence-electron chi connectivity index (χ0n) is 17.0. The second-order valence-corrected chi connectivity index (χ2v) is 8.24. The van der Waals surface area contributed by atoms with Gasteiger partial charge in [0.05, 0.1) is 16.9 Å². The van der Waals surface area contributed by atoms with Crippen LogP contribution in [0.5, 0.6) is 0 Å². The van der Waals surface area contributed by atoms with Crippen LogP contribution in [0.3, 0.4) is 0 Å². The molecular weight excluding hydrogens is 407 g/mol. The summed E-state index contributed by atoms with van der Waals surface area (Å²) in [5, 5.41) is 10.0. The van der Waals surface area contributed by atoms with E-state index in [1.54, 1.807) is 6.07 Å². The molecule has 3 aromatic carbocycles. The molecule has 4 aromatic rings. The second-order valence-electron chi connectivity index (χ2n) is 7.85. The molecule has 1 saturated heterocycles. The van der Waals surface area contributed by atoms with Gasteiger partial charge in [0.15, 0.2) is 5.11 Å². The fourth-order valence-corrected chi connectivity index (χ4v) is 4.56. The molecule has 4 nitrogen and oxygen atoms in total. The van der Waals surface area contributed by atoms with Crippen LogP contribution in [0.15, 0.2) is 78.9 Å². The average Bonchev–Trinajstić information content (AvgIpc) is 3.19. The molecule has 1 aliphatic rings. The molecule has 2 heterocycles. The second kappa shape index (κ2) is 8.47. The molecule has 6 heteroatoms. The van der Waals surface area contributed by atoms with Crippen LogP contribution in [-0.4, -0.2) is 32.9 Å². The summed E-state index contributed by atoms with van der Waals surface area (Å²) < 4.78 is 15.9. The number of benzene rings is 3. The number of aromatic nitrogens is 2. The van der Waals surface area contributed by atoms with E-state index in [4.69, 9.17) is 17.3 Å². The fraction of sp³-hybridized carbons (Fsp3) is 0.200. The predicted octanol–water partition coefficient (Wildman–Crippen LogP) is 5.74. The fourth-order valence-electron chi connectivity index (χ4n) is 4.26. The lowest BCUT2D eigenvalue weighted by Crippen LogP contribution is -2.40. The topological polar surface area (TPSA) is 33.1 Å². The van der Waals surface area contributed by atoms with Crippen LogP contribution >= 0.6 is 12.2 Å². The number of hydrogen-bond donors (Lipinski definition) is 1. The first-order chi connectivity index (χ1) is 15.2. The number of hydrogen-bond acceptors (Lipinski definition) is 2. The van der Waals surface area contributed by atoms with Crippen molar-refractivity contribution in [2.24, 2.45) is 0 Å². The van der Waals surface area contributed by atoms with Gasteiger partial charge in [-0.15, -0.1) is 0 Å². The highest BCUT2D eigenvalue weighted by Gasteiger charge is 2.26. The first-order valence-corrected chi connectivity index (χ1v) is 10.9. The summed E-state index contributed by atoms with van der Waals surface area (Å²) >= 11 is 5.62. The van der Waals surface area contributed by atoms with Gasteiger partial charge in [-0.1, -0.05) is 36.4 Å². The number of likely N-dealkylation sites (tertiary alicyclic amines) is 1. The van der Waals surface area contributed by atoms with Crippen molar-refractivity contribution in [3.8, 4) is 5.69 Å². The van der Waals surface area contributed by atoms with Crippen molar-refractivity contribution >= 4 is 33.9 Å². The maximum Gasteiger partial charge on any atom is 0.173 e. The standard InChI is InChI=1S/C25H23FN4S/c26-19-11-12-22-23(17-19)30(21-9-5-2-6-10-21)28-24(22)18-13-15-29(16-14-18)25(31)27-20-7-3-1-4-8-20/h1-12,17-18H,13-16H2,(H,27,31). The van der Waals surface area contributed by atoms with E-state index < -0.39 is 0 Å². The lowest BCUT2D eigenvalue weighted by molar-refractivity contribution is 0.314. The van der Waals surface area contributed by atoms with Gasteiger partial charge in [0.2, 0.25) is 0 Å². The Bertz CT molecular complexity index is 1200. The lowest BCUT2D eigenvalue weighted by Gasteiger charge is -2.33. The summed E-state index contributed by atoms with van der Waals surface area (Å²) in [6, 6.07) is 24.9. The molecule has 0 bridgehead atoms. The summed E-state index contributed by atoms with van der Waals surface area (Å²) in [5.74, 6) is 0.0667. The van der Waals surface area contributed by atoms with Crippen LogP contribution in [0.25, 0.3) is 16.6 Å². The third-order valence-corrected chi connectivity index (χ3v) is 6.23. The minimum Gasteiger partial charge on any atom is -0.349 e. The zero-order chi connectivity index (χ0) is 21.2. The van der Waals surface area contributed by atoms with E-state index in [1.807, 2.05) is 71.4 Å². The minimum atomic E-state index is -0.247. The number of nitrogens with one attached hydrogen (secondary N) is 1. The molecule has 156 valence electrons. The van der Waals surface area contributed by atoms with E-state index in [2.05, 4.69) is 10.2 Å². The predicted molar refractivity (Wildman–Crippen MR) is 127 cm³/mol. The molecule has 0 atom stereocenters. The highest BCUT2D eigenvalue weighted by molar-refractivity contribution is 7.80. The smallest absolute Gasteiger partial charge is 0.173 e. The summed E-state index contributed by atoms with van der Waals surface area (Å²) in [4.78, 5) is 2.22. The molecule has 1 aliphatic heterocycles. The third-order valence-electron chi connectivity index (χ3n) is 5.87. The Morgan fingerprint density at radius 3 is 2.32 bits per heavy atom. The lowest BCUT2D eigenvalue weighted by atomic mass is 9.92. The number of anilines is 1. The maximum atomic E-state index is 14.0. The molecule has 0 radical (unpaired) electrons. The Hall–Kier alpha value is -3.25. The normalized spacial score (nSPS) is 14.7. The number of piperidine rings is 1. The van der Waals surface area contributed by atoms with Crippen molar-refractivity contribution in [1.29, 1.82) is 0 Å². The van der Waals surface area contributed by atoms with Crippen molar-refractivity contribution in [3.05, 3.63) is 90.4 Å². The van der Waals surface area contributed by atoms with Crippen LogP contribution < -0.4 is 5.32 Å². The molecule has 0 spiro atoms. The maximum absolute atomic E-state index is 14.0. The first kappa shape index (κ1) is 19.7. The van der Waals surface area contributed by atoms with Gasteiger partial charge in [-0.05, 0) is 61.5 Å². The van der Waals surface area contributed by atoms with Crippen molar-refractivity contribution in [2.45, 2.75) is 18.8 Å². The number of thiocarbonyl (C=S) groups is 1. The van der Waals surface area contributed by atoms with E-state index >= 15 is 0 Å². The molecule has 0 aliphatic carbocycles. The highest BCUT2D eigenvalue weighted by Crippen LogP contribution is 2.34. The Labute approximate surface area is 186 Å². The zero-order valence-corrected chi connectivity index (χ0v) is 17.9. The molecule has 31 heavy (non-hydrogen) atoms. The third kappa shape index (κ3) is 4.03. The van der Waals surface area contributed by atoms with Gasteiger partial charge in [0.1, 0.15) is 5.82 Å². The van der Waals surface area contributed by atoms with Gasteiger partial charge in [0.25, 0.3) is 0 Å². The van der Waals surface area contributed by atoms with Crippen LogP contribution in [0.1, 0.15) is 24.5 Å². The van der Waals surface area contributed by atoms with Crippen LogP contribution in [0.4, 0.5) is 10.1 Å². The first-order valence-electron chi connectivity index (χ1n) is 10.5. The quantitative estimate of drug-likeness (QED) is 0.420. The van der Waals surface area contributed by atoms with Gasteiger partial charge < -0.3 is 10.2 Å². The van der Waals surface area contributed by atoms with Gasteiger partial charge >= 0.3 is 0 Å². The van der Waals surface area contributed by atoms with E-state index in [9.17, 15) is 4.39 Å². The van der Waals surface area contributed by atoms with Crippen molar-refractivity contribution < 1.29 is 4.39 Å². The van der Waals surface area contributed by atoms with E-state index in [-0.39, 0.29) is 5.82 Å². The number of halogens is 1. The number of nitrogens with zero attached hydrogens (tertiary/aromatic N) is 3. The van der Waals surface area contributed by atoms with Gasteiger partial charge in [0, 0.05) is 36.1 Å². The minimum absolute atomic E-state index is 0.247. The Balaban J connectivity index is 1.37. The summed E-state index contributed by atoms with van der Waals surface area (Å²) in [6.45, 7) is 1.73. The Kier molecular flexibility index (Phi) is 5.38. The Morgan fingerprint density at radius 2 is 1.61 bits per heavy atom. The van der Waals surface area contributed by atoms with Crippen LogP contribution in [0.2, 0.25) is 0 Å². The average molecular weight is 431 g/mol. The molecule has 1 N–H and O–H groups in total. The monoisotopic (exact) mass is 430 g/mol. The van der Waals surface area contributed by atoms with E-state index in [0.29, 0.717) is 5.92 Å². The molecule has 0 unspecified atom stereocenters. The molecule has 0 saturated carbocycles. The van der Waals surface area contributed by atoms with Gasteiger partial charge in [-0.3, -0.25) is 0 Å². The molecule has 1 fully saturated rings.